The summed E-state index contributed by atoms with van der Waals surface area (Å²) in [4.78, 5) is 3.42. The van der Waals surface area contributed by atoms with Gasteiger partial charge >= 0.3 is 0 Å². The molecule has 0 spiro atoms. The van der Waals surface area contributed by atoms with Crippen LogP contribution in [0.4, 0.5) is 8.78 Å². The van der Waals surface area contributed by atoms with Crippen molar-refractivity contribution in [2.45, 2.75) is 12.3 Å². The van der Waals surface area contributed by atoms with E-state index in [-0.39, 0.29) is 17.4 Å². The highest BCUT2D eigenvalue weighted by Crippen LogP contribution is 2.48. The lowest BCUT2D eigenvalue weighted by Gasteiger charge is -2.01. The van der Waals surface area contributed by atoms with E-state index in [0.29, 0.717) is 6.54 Å². The molecule has 0 amide bonds. The molecule has 13 heavy (non-hydrogen) atoms. The zero-order chi connectivity index (χ0) is 9.42. The van der Waals surface area contributed by atoms with Crippen LogP contribution in [-0.2, 0) is 0 Å². The van der Waals surface area contributed by atoms with E-state index in [1.165, 1.54) is 0 Å². The first-order valence-electron chi connectivity index (χ1n) is 4.23. The summed E-state index contributed by atoms with van der Waals surface area (Å²) in [5.41, 5.74) is 5.56. The van der Waals surface area contributed by atoms with Gasteiger partial charge in [0.15, 0.2) is 0 Å². The molecular formula is C9H10F2N2. The van der Waals surface area contributed by atoms with Gasteiger partial charge in [0, 0.05) is 5.56 Å². The van der Waals surface area contributed by atoms with Gasteiger partial charge in [-0.1, -0.05) is 0 Å². The van der Waals surface area contributed by atoms with Gasteiger partial charge in [0.25, 0.3) is 0 Å². The second-order valence-corrected chi connectivity index (χ2v) is 3.35. The van der Waals surface area contributed by atoms with Crippen molar-refractivity contribution < 1.29 is 8.78 Å². The lowest BCUT2D eigenvalue weighted by atomic mass is 10.1. The van der Waals surface area contributed by atoms with Crippen LogP contribution in [0.1, 0.15) is 17.9 Å². The second kappa shape index (κ2) is 3.03. The fourth-order valence-corrected chi connectivity index (χ4v) is 1.64. The van der Waals surface area contributed by atoms with E-state index >= 15 is 0 Å². The van der Waals surface area contributed by atoms with Crippen molar-refractivity contribution >= 4 is 0 Å². The van der Waals surface area contributed by atoms with Crippen LogP contribution in [0.15, 0.2) is 12.4 Å². The van der Waals surface area contributed by atoms with E-state index < -0.39 is 11.6 Å². The molecule has 1 heterocycles. The van der Waals surface area contributed by atoms with Crippen LogP contribution < -0.4 is 5.73 Å². The lowest BCUT2D eigenvalue weighted by molar-refractivity contribution is 0.542. The zero-order valence-corrected chi connectivity index (χ0v) is 7.00. The van der Waals surface area contributed by atoms with Crippen LogP contribution in [0.2, 0.25) is 0 Å². The Morgan fingerprint density at radius 3 is 2.46 bits per heavy atom. The number of nitrogens with two attached hydrogens (primary N) is 1. The van der Waals surface area contributed by atoms with E-state index in [4.69, 9.17) is 5.73 Å². The van der Waals surface area contributed by atoms with Crippen molar-refractivity contribution in [2.75, 3.05) is 6.54 Å². The van der Waals surface area contributed by atoms with E-state index in [9.17, 15) is 8.78 Å². The monoisotopic (exact) mass is 184 g/mol. The predicted molar refractivity (Wildman–Crippen MR) is 44.1 cm³/mol. The maximum atomic E-state index is 13.1. The molecule has 0 bridgehead atoms. The van der Waals surface area contributed by atoms with Gasteiger partial charge in [0.1, 0.15) is 11.6 Å². The van der Waals surface area contributed by atoms with E-state index in [1.54, 1.807) is 0 Å². The van der Waals surface area contributed by atoms with Crippen LogP contribution in [0.25, 0.3) is 0 Å². The van der Waals surface area contributed by atoms with Gasteiger partial charge in [-0.05, 0) is 24.8 Å². The molecule has 1 aliphatic rings. The number of rotatable bonds is 2. The highest BCUT2D eigenvalue weighted by atomic mass is 19.1. The molecular weight excluding hydrogens is 174 g/mol. The van der Waals surface area contributed by atoms with E-state index in [0.717, 1.165) is 18.8 Å². The predicted octanol–water partition coefficient (Wildman–Crippen LogP) is 1.42. The van der Waals surface area contributed by atoms with Crippen molar-refractivity contribution in [1.82, 2.24) is 4.98 Å². The normalized spacial score (nSPS) is 26.1. The number of hydrogen-bond acceptors (Lipinski definition) is 2. The quantitative estimate of drug-likeness (QED) is 0.755. The van der Waals surface area contributed by atoms with E-state index in [1.807, 2.05) is 0 Å². The Balaban J connectivity index is 2.30. The third kappa shape index (κ3) is 1.42. The Hall–Kier alpha value is -1.03. The standard InChI is InChI=1S/C9H10F2N2/c10-7-3-13-4-8(11)9(7)6-1-5(6)2-12/h3-6H,1-2,12H2. The first-order chi connectivity index (χ1) is 6.24. The second-order valence-electron chi connectivity index (χ2n) is 3.35. The number of hydrogen-bond donors (Lipinski definition) is 1. The summed E-state index contributed by atoms with van der Waals surface area (Å²) >= 11 is 0. The molecule has 1 aliphatic carbocycles. The summed E-state index contributed by atoms with van der Waals surface area (Å²) in [6, 6.07) is 0. The maximum Gasteiger partial charge on any atom is 0.147 e. The summed E-state index contributed by atoms with van der Waals surface area (Å²) in [5, 5.41) is 0. The third-order valence-electron chi connectivity index (χ3n) is 2.49. The summed E-state index contributed by atoms with van der Waals surface area (Å²) in [6.07, 6.45) is 2.88. The lowest BCUT2D eigenvalue weighted by Crippen LogP contribution is -2.04. The van der Waals surface area contributed by atoms with Gasteiger partial charge in [-0.3, -0.25) is 4.98 Å². The van der Waals surface area contributed by atoms with Gasteiger partial charge in [-0.2, -0.15) is 0 Å². The molecule has 1 aromatic heterocycles. The fraction of sp³-hybridized carbons (Fsp3) is 0.444. The number of nitrogens with zero attached hydrogens (tertiary/aromatic N) is 1. The van der Waals surface area contributed by atoms with Crippen LogP contribution in [0.3, 0.4) is 0 Å². The molecule has 1 aromatic rings. The molecule has 1 saturated carbocycles. The molecule has 0 saturated heterocycles. The molecule has 2 nitrogen and oxygen atoms in total. The minimum Gasteiger partial charge on any atom is -0.330 e. The number of pyridine rings is 1. The summed E-state index contributed by atoms with van der Waals surface area (Å²) < 4.78 is 26.2. The average Bonchev–Trinajstić information content (AvgIpc) is 2.83. The molecule has 4 heteroatoms. The molecule has 0 radical (unpaired) electrons. The van der Waals surface area contributed by atoms with Crippen molar-refractivity contribution in [2.24, 2.45) is 11.7 Å². The molecule has 0 aliphatic heterocycles. The topological polar surface area (TPSA) is 38.9 Å². The van der Waals surface area contributed by atoms with Crippen molar-refractivity contribution in [3.63, 3.8) is 0 Å². The van der Waals surface area contributed by atoms with Gasteiger partial charge in [0.05, 0.1) is 12.4 Å². The summed E-state index contributed by atoms with van der Waals surface area (Å²) in [6.45, 7) is 0.492. The Labute approximate surface area is 74.8 Å². The molecule has 70 valence electrons. The fourth-order valence-electron chi connectivity index (χ4n) is 1.64. The van der Waals surface area contributed by atoms with Crippen molar-refractivity contribution in [3.05, 3.63) is 29.6 Å². The Morgan fingerprint density at radius 2 is 2.00 bits per heavy atom. The van der Waals surface area contributed by atoms with Crippen LogP contribution in [0, 0.1) is 17.6 Å². The van der Waals surface area contributed by atoms with Gasteiger partial charge in [-0.25, -0.2) is 8.78 Å². The molecule has 2 N–H and O–H groups in total. The first-order valence-corrected chi connectivity index (χ1v) is 4.23. The molecule has 0 aromatic carbocycles. The third-order valence-corrected chi connectivity index (χ3v) is 2.49. The van der Waals surface area contributed by atoms with Crippen molar-refractivity contribution in [1.29, 1.82) is 0 Å². The van der Waals surface area contributed by atoms with Crippen molar-refractivity contribution in [3.8, 4) is 0 Å². The van der Waals surface area contributed by atoms with Crippen LogP contribution in [-0.4, -0.2) is 11.5 Å². The van der Waals surface area contributed by atoms with Gasteiger partial charge in [-0.15, -0.1) is 0 Å². The molecule has 2 atom stereocenters. The van der Waals surface area contributed by atoms with Crippen LogP contribution >= 0.6 is 0 Å². The SMILES string of the molecule is NCC1CC1c1c(F)cncc1F. The summed E-state index contributed by atoms with van der Waals surface area (Å²) in [5.74, 6) is -0.902. The highest BCUT2D eigenvalue weighted by molar-refractivity contribution is 5.26. The number of aromatic nitrogens is 1. The minimum atomic E-state index is -0.555. The average molecular weight is 184 g/mol. The van der Waals surface area contributed by atoms with Gasteiger partial charge < -0.3 is 5.73 Å². The minimum absolute atomic E-state index is 0.0343. The molecule has 2 unspecified atom stereocenters. The first kappa shape index (κ1) is 8.56. The molecule has 2 rings (SSSR count). The zero-order valence-electron chi connectivity index (χ0n) is 7.00. The largest absolute Gasteiger partial charge is 0.330 e. The van der Waals surface area contributed by atoms with Crippen LogP contribution in [0.5, 0.6) is 0 Å². The number of halogens is 2. The van der Waals surface area contributed by atoms with E-state index in [2.05, 4.69) is 4.98 Å². The maximum absolute atomic E-state index is 13.1. The Bertz CT molecular complexity index is 307. The summed E-state index contributed by atoms with van der Waals surface area (Å²) in [7, 11) is 0. The Morgan fingerprint density at radius 1 is 1.38 bits per heavy atom. The van der Waals surface area contributed by atoms with Gasteiger partial charge in [0.2, 0.25) is 0 Å². The smallest absolute Gasteiger partial charge is 0.147 e. The highest BCUT2D eigenvalue weighted by Gasteiger charge is 2.40. The molecule has 1 fully saturated rings. The Kier molecular flexibility index (Phi) is 2.00.